The number of hydrogen-bond donors (Lipinski definition) is 1. The van der Waals surface area contributed by atoms with Gasteiger partial charge in [-0.1, -0.05) is 124 Å². The number of fused-ring (bicyclic) bond motifs is 1. The molecule has 0 bridgehead atoms. The van der Waals surface area contributed by atoms with Crippen LogP contribution in [0.1, 0.15) is 79.0 Å². The van der Waals surface area contributed by atoms with E-state index in [1.165, 1.54) is 33.5 Å². The van der Waals surface area contributed by atoms with Crippen LogP contribution in [-0.4, -0.2) is 27.7 Å². The summed E-state index contributed by atoms with van der Waals surface area (Å²) in [5, 5.41) is 12.3. The number of phenols is 1. The minimum absolute atomic E-state index is 0.00545. The minimum Gasteiger partial charge on any atom is -0.507 e. The van der Waals surface area contributed by atoms with Gasteiger partial charge in [-0.15, -0.1) is 0 Å². The Morgan fingerprint density at radius 1 is 0.731 bits per heavy atom. The van der Waals surface area contributed by atoms with Crippen LogP contribution >= 0.6 is 0 Å². The molecule has 0 aliphatic heterocycles. The first-order valence-electron chi connectivity index (χ1n) is 18.9. The number of pyridine rings is 1. The van der Waals surface area contributed by atoms with Crippen LogP contribution in [0.15, 0.2) is 91.1 Å². The summed E-state index contributed by atoms with van der Waals surface area (Å²) in [6.45, 7) is 25.7. The number of aryl methyl sites for hydroxylation is 1. The molecule has 0 saturated carbocycles. The van der Waals surface area contributed by atoms with E-state index in [-0.39, 0.29) is 16.6 Å². The highest BCUT2D eigenvalue weighted by Gasteiger charge is 2.26. The molecule has 0 saturated heterocycles. The van der Waals surface area contributed by atoms with E-state index in [9.17, 15) is 5.11 Å². The molecule has 0 fully saturated rings. The van der Waals surface area contributed by atoms with Crippen LogP contribution in [0.2, 0.25) is 19.1 Å². The fourth-order valence-corrected chi connectivity index (χ4v) is 9.01. The lowest BCUT2D eigenvalue weighted by Crippen LogP contribution is -2.43. The van der Waals surface area contributed by atoms with Crippen molar-refractivity contribution in [2.24, 2.45) is 13.0 Å². The predicted molar refractivity (Wildman–Crippen MR) is 225 cm³/mol. The van der Waals surface area contributed by atoms with Crippen molar-refractivity contribution in [2.75, 3.05) is 0 Å². The van der Waals surface area contributed by atoms with Crippen molar-refractivity contribution in [1.29, 1.82) is 0 Å². The van der Waals surface area contributed by atoms with Crippen molar-refractivity contribution in [3.8, 4) is 50.6 Å². The molecule has 1 N–H and O–H groups in total. The molecular weight excluding hydrogens is 651 g/mol. The Kier molecular flexibility index (Phi) is 9.91. The van der Waals surface area contributed by atoms with Crippen LogP contribution in [0.25, 0.3) is 55.9 Å². The van der Waals surface area contributed by atoms with Crippen molar-refractivity contribution in [1.82, 2.24) is 14.5 Å². The van der Waals surface area contributed by atoms with Gasteiger partial charge in [-0.05, 0) is 104 Å². The molecule has 270 valence electrons. The molecule has 52 heavy (non-hydrogen) atoms. The van der Waals surface area contributed by atoms with Crippen molar-refractivity contribution < 1.29 is 5.11 Å². The van der Waals surface area contributed by atoms with Gasteiger partial charge in [0.25, 0.3) is 0 Å². The van der Waals surface area contributed by atoms with Crippen LogP contribution in [-0.2, 0) is 24.3 Å². The zero-order chi connectivity index (χ0) is 37.7. The first-order valence-corrected chi connectivity index (χ1v) is 22.1. The Hall–Kier alpha value is -4.48. The van der Waals surface area contributed by atoms with E-state index in [1.54, 1.807) is 6.07 Å². The Bertz CT molecular complexity index is 2230. The highest BCUT2D eigenvalue weighted by atomic mass is 28.3. The van der Waals surface area contributed by atoms with Gasteiger partial charge in [0.1, 0.15) is 11.6 Å². The molecule has 0 amide bonds. The van der Waals surface area contributed by atoms with Gasteiger partial charge in [0.2, 0.25) is 0 Å². The molecule has 4 aromatic carbocycles. The largest absolute Gasteiger partial charge is 0.507 e. The second-order valence-corrected chi connectivity index (χ2v) is 22.9. The third kappa shape index (κ3) is 7.39. The van der Waals surface area contributed by atoms with E-state index in [2.05, 4.69) is 147 Å². The summed E-state index contributed by atoms with van der Waals surface area (Å²) in [4.78, 5) is 10.4. The normalized spacial score (nSPS) is 12.6. The number of hydrogen-bond acceptors (Lipinski definition) is 3. The zero-order valence-corrected chi connectivity index (χ0v) is 34.4. The van der Waals surface area contributed by atoms with Gasteiger partial charge < -0.3 is 9.67 Å². The van der Waals surface area contributed by atoms with Gasteiger partial charge in [0.15, 0.2) is 0 Å². The fourth-order valence-electron chi connectivity index (χ4n) is 7.17. The van der Waals surface area contributed by atoms with E-state index in [4.69, 9.17) is 9.97 Å². The number of aromatic nitrogens is 3. The average molecular weight is 708 g/mol. The summed E-state index contributed by atoms with van der Waals surface area (Å²) in [5.74, 6) is 1.51. The molecule has 0 atom stereocenters. The van der Waals surface area contributed by atoms with Crippen LogP contribution in [0, 0.1) is 5.92 Å². The second kappa shape index (κ2) is 13.8. The Morgan fingerprint density at radius 2 is 1.33 bits per heavy atom. The number of imidazole rings is 1. The summed E-state index contributed by atoms with van der Waals surface area (Å²) in [7, 11) is 0.404. The molecule has 0 aliphatic carbocycles. The summed E-state index contributed by atoms with van der Waals surface area (Å²) < 4.78 is 2.08. The van der Waals surface area contributed by atoms with Crippen LogP contribution in [0.4, 0.5) is 0 Å². The zero-order valence-electron chi connectivity index (χ0n) is 33.4. The van der Waals surface area contributed by atoms with Crippen LogP contribution in [0.3, 0.4) is 0 Å². The third-order valence-electron chi connectivity index (χ3n) is 10.8. The van der Waals surface area contributed by atoms with Gasteiger partial charge in [-0.25, -0.2) is 4.98 Å². The molecule has 0 aliphatic rings. The topological polar surface area (TPSA) is 50.9 Å². The maximum Gasteiger partial charge on any atom is 0.144 e. The number of benzene rings is 4. The van der Waals surface area contributed by atoms with E-state index >= 15 is 0 Å². The molecule has 0 radical (unpaired) electrons. The van der Waals surface area contributed by atoms with E-state index < -0.39 is 8.07 Å². The lowest BCUT2D eigenvalue weighted by atomic mass is 9.78. The lowest BCUT2D eigenvalue weighted by molar-refractivity contribution is 0.476. The molecular formula is C47H57N3OSi. The Balaban J connectivity index is 1.65. The predicted octanol–water partition coefficient (Wildman–Crippen LogP) is 12.1. The summed E-state index contributed by atoms with van der Waals surface area (Å²) in [5.41, 5.74) is 13.4. The average Bonchev–Trinajstić information content (AvgIpc) is 3.42. The van der Waals surface area contributed by atoms with Gasteiger partial charge in [0, 0.05) is 24.4 Å². The van der Waals surface area contributed by atoms with Crippen LogP contribution in [0.5, 0.6) is 5.75 Å². The Morgan fingerprint density at radius 3 is 1.94 bits per heavy atom. The first-order chi connectivity index (χ1) is 24.4. The molecule has 0 spiro atoms. The van der Waals surface area contributed by atoms with Gasteiger partial charge >= 0.3 is 0 Å². The second-order valence-electron chi connectivity index (χ2n) is 17.8. The van der Waals surface area contributed by atoms with Crippen molar-refractivity contribution in [2.45, 2.75) is 98.7 Å². The molecule has 6 aromatic rings. The number of nitrogens with zero attached hydrogens (tertiary/aromatic N) is 3. The maximum absolute atomic E-state index is 10.8. The fraction of sp³-hybridized carbons (Fsp3) is 0.362. The highest BCUT2D eigenvalue weighted by Crippen LogP contribution is 2.40. The van der Waals surface area contributed by atoms with E-state index in [0.29, 0.717) is 5.92 Å². The van der Waals surface area contributed by atoms with Crippen LogP contribution < -0.4 is 5.19 Å². The molecule has 0 unspecified atom stereocenters. The molecule has 2 heterocycles. The number of para-hydroxylation sites is 2. The van der Waals surface area contributed by atoms with Crippen molar-refractivity contribution in [3.05, 3.63) is 108 Å². The minimum atomic E-state index is -1.62. The quantitative estimate of drug-likeness (QED) is 0.160. The molecule has 4 nitrogen and oxygen atoms in total. The van der Waals surface area contributed by atoms with E-state index in [1.807, 2.05) is 25.2 Å². The van der Waals surface area contributed by atoms with Crippen molar-refractivity contribution in [3.63, 3.8) is 0 Å². The SMILES string of the molecule is CC[Si](C)(C)c1cnc(-c2cc(-c3cc(C(C)(C)C)cc(C(C)(C)C)c3)cc(-c3cccc4c3nc(-c3ccccc3O)n4C)c2)cc1CC(C)C. The monoisotopic (exact) mass is 707 g/mol. The number of phenolic OH excluding ortho intramolecular Hbond substituents is 1. The van der Waals surface area contributed by atoms with Crippen molar-refractivity contribution >= 4 is 24.3 Å². The molecule has 5 heteroatoms. The first kappa shape index (κ1) is 37.3. The number of rotatable bonds is 8. The van der Waals surface area contributed by atoms with Gasteiger partial charge in [-0.2, -0.15) is 0 Å². The van der Waals surface area contributed by atoms with Gasteiger partial charge in [-0.3, -0.25) is 4.98 Å². The lowest BCUT2D eigenvalue weighted by Gasteiger charge is -2.27. The summed E-state index contributed by atoms with van der Waals surface area (Å²) in [6, 6.07) is 31.5. The number of aromatic hydroxyl groups is 1. The maximum atomic E-state index is 10.8. The summed E-state index contributed by atoms with van der Waals surface area (Å²) >= 11 is 0. The highest BCUT2D eigenvalue weighted by molar-refractivity contribution is 6.90. The Labute approximate surface area is 313 Å². The smallest absolute Gasteiger partial charge is 0.144 e. The summed E-state index contributed by atoms with van der Waals surface area (Å²) in [6.07, 6.45) is 3.24. The third-order valence-corrected chi connectivity index (χ3v) is 14.5. The standard InChI is InChI=1S/C47H57N3OSi/c1-13-52(11,12)43-29-48-40(27-35(43)21-30(2)3)34-23-31(32-25-36(46(4,5)6)28-37(26-32)47(7,8)9)22-33(24-34)38-18-16-19-41-44(38)49-45(50(41)10)39-17-14-15-20-42(39)51/h14-20,22-30,51H,13,21H2,1-12H3. The van der Waals surface area contributed by atoms with E-state index in [0.717, 1.165) is 56.8 Å². The molecule has 2 aromatic heterocycles. The molecule has 6 rings (SSSR count). The van der Waals surface area contributed by atoms with Gasteiger partial charge in [0.05, 0.1) is 30.4 Å².